The SMILES string of the molecule is Cc1ccc(Nc2ncc3ccn(-c4cc(F)c(CN5CCOCC5)c(F)c4)c3n2)cc1CN1CCNC(=O)C1. The van der Waals surface area contributed by atoms with Crippen LogP contribution in [0.4, 0.5) is 20.4 Å². The van der Waals surface area contributed by atoms with Crippen molar-refractivity contribution in [3.05, 3.63) is 77.1 Å². The molecule has 0 atom stereocenters. The molecule has 0 spiro atoms. The summed E-state index contributed by atoms with van der Waals surface area (Å²) in [6, 6.07) is 10.5. The van der Waals surface area contributed by atoms with Gasteiger partial charge in [0.25, 0.3) is 0 Å². The van der Waals surface area contributed by atoms with Gasteiger partial charge in [-0.25, -0.2) is 13.8 Å². The number of hydrogen-bond acceptors (Lipinski definition) is 7. The quantitative estimate of drug-likeness (QED) is 0.366. The second-order valence-electron chi connectivity index (χ2n) is 10.3. The summed E-state index contributed by atoms with van der Waals surface area (Å²) in [6.45, 7) is 7.15. The molecule has 2 aliphatic rings. The molecule has 2 N–H and O–H groups in total. The first-order chi connectivity index (χ1) is 19.4. The Labute approximate surface area is 230 Å². The van der Waals surface area contributed by atoms with Crippen molar-refractivity contribution in [2.45, 2.75) is 20.0 Å². The normalized spacial score (nSPS) is 16.8. The molecule has 11 heteroatoms. The number of carbonyl (C=O) groups excluding carboxylic acids is 1. The number of amides is 1. The Morgan fingerprint density at radius 3 is 2.60 bits per heavy atom. The first kappa shape index (κ1) is 26.3. The highest BCUT2D eigenvalue weighted by Gasteiger charge is 2.19. The van der Waals surface area contributed by atoms with Crippen LogP contribution >= 0.6 is 0 Å². The summed E-state index contributed by atoms with van der Waals surface area (Å²) in [5, 5.41) is 6.86. The number of anilines is 2. The number of benzene rings is 2. The summed E-state index contributed by atoms with van der Waals surface area (Å²) >= 11 is 0. The molecule has 6 rings (SSSR count). The lowest BCUT2D eigenvalue weighted by atomic mass is 10.1. The monoisotopic (exact) mass is 547 g/mol. The molecule has 0 bridgehead atoms. The third kappa shape index (κ3) is 5.67. The average molecular weight is 548 g/mol. The van der Waals surface area contributed by atoms with Crippen LogP contribution in [0.2, 0.25) is 0 Å². The molecule has 1 amide bonds. The third-order valence-corrected chi connectivity index (χ3v) is 7.43. The number of ether oxygens (including phenoxy) is 1. The van der Waals surface area contributed by atoms with Crippen LogP contribution in [0.25, 0.3) is 16.7 Å². The Morgan fingerprint density at radius 2 is 1.82 bits per heavy atom. The van der Waals surface area contributed by atoms with Crippen molar-refractivity contribution in [2.75, 3.05) is 51.3 Å². The number of aromatic nitrogens is 3. The fraction of sp³-hybridized carbons (Fsp3) is 0.345. The van der Waals surface area contributed by atoms with Gasteiger partial charge in [-0.2, -0.15) is 4.98 Å². The minimum Gasteiger partial charge on any atom is -0.379 e. The Kier molecular flexibility index (Phi) is 7.42. The maximum absolute atomic E-state index is 15.1. The summed E-state index contributed by atoms with van der Waals surface area (Å²) in [4.78, 5) is 25.0. The lowest BCUT2D eigenvalue weighted by molar-refractivity contribution is -0.124. The van der Waals surface area contributed by atoms with Gasteiger partial charge in [-0.3, -0.25) is 14.6 Å². The molecule has 0 aliphatic carbocycles. The van der Waals surface area contributed by atoms with Gasteiger partial charge in [0.1, 0.15) is 17.3 Å². The van der Waals surface area contributed by atoms with E-state index in [1.54, 1.807) is 17.0 Å². The van der Waals surface area contributed by atoms with Crippen LogP contribution in [0.3, 0.4) is 0 Å². The molecule has 2 saturated heterocycles. The Balaban J connectivity index is 1.23. The fourth-order valence-corrected chi connectivity index (χ4v) is 5.17. The van der Waals surface area contributed by atoms with E-state index in [4.69, 9.17) is 4.74 Å². The highest BCUT2D eigenvalue weighted by Crippen LogP contribution is 2.26. The largest absolute Gasteiger partial charge is 0.379 e. The van der Waals surface area contributed by atoms with Crippen LogP contribution in [0, 0.1) is 18.6 Å². The van der Waals surface area contributed by atoms with E-state index in [2.05, 4.69) is 25.5 Å². The minimum absolute atomic E-state index is 0.0365. The van der Waals surface area contributed by atoms with Gasteiger partial charge in [-0.05, 0) is 48.4 Å². The number of hydrogen-bond donors (Lipinski definition) is 2. The molecule has 0 unspecified atom stereocenters. The van der Waals surface area contributed by atoms with Crippen molar-refractivity contribution in [2.24, 2.45) is 0 Å². The summed E-state index contributed by atoms with van der Waals surface area (Å²) in [7, 11) is 0. The lowest BCUT2D eigenvalue weighted by Gasteiger charge is -2.27. The molecule has 2 fully saturated rings. The topological polar surface area (TPSA) is 87.6 Å². The number of piperazine rings is 1. The zero-order chi connectivity index (χ0) is 27.6. The van der Waals surface area contributed by atoms with Crippen molar-refractivity contribution in [1.82, 2.24) is 29.7 Å². The maximum atomic E-state index is 15.1. The Morgan fingerprint density at radius 1 is 1.02 bits per heavy atom. The predicted octanol–water partition coefficient (Wildman–Crippen LogP) is 3.51. The van der Waals surface area contributed by atoms with E-state index >= 15 is 8.78 Å². The molecule has 2 aromatic carbocycles. The molecule has 4 aromatic rings. The van der Waals surface area contributed by atoms with E-state index < -0.39 is 11.6 Å². The van der Waals surface area contributed by atoms with Gasteiger partial charge >= 0.3 is 0 Å². The van der Waals surface area contributed by atoms with Crippen molar-refractivity contribution in [3.8, 4) is 5.69 Å². The minimum atomic E-state index is -0.589. The number of nitrogens with one attached hydrogen (secondary N) is 2. The van der Waals surface area contributed by atoms with Crippen LogP contribution in [-0.4, -0.2) is 76.2 Å². The summed E-state index contributed by atoms with van der Waals surface area (Å²) in [6.07, 6.45) is 3.42. The molecule has 40 heavy (non-hydrogen) atoms. The second-order valence-corrected chi connectivity index (χ2v) is 10.3. The van der Waals surface area contributed by atoms with E-state index in [0.717, 1.165) is 28.7 Å². The molecule has 2 aliphatic heterocycles. The molecular formula is C29H31F2N7O2. The molecule has 9 nitrogen and oxygen atoms in total. The van der Waals surface area contributed by atoms with Crippen LogP contribution in [0.1, 0.15) is 16.7 Å². The zero-order valence-electron chi connectivity index (χ0n) is 22.3. The van der Waals surface area contributed by atoms with Crippen molar-refractivity contribution >= 4 is 28.6 Å². The van der Waals surface area contributed by atoms with Crippen molar-refractivity contribution in [1.29, 1.82) is 0 Å². The van der Waals surface area contributed by atoms with Crippen LogP contribution in [0.15, 0.2) is 48.8 Å². The number of aryl methyl sites for hydroxylation is 1. The smallest absolute Gasteiger partial charge is 0.234 e. The molecular weight excluding hydrogens is 516 g/mol. The molecule has 4 heterocycles. The highest BCUT2D eigenvalue weighted by molar-refractivity contribution is 5.79. The molecule has 208 valence electrons. The third-order valence-electron chi connectivity index (χ3n) is 7.43. The first-order valence-corrected chi connectivity index (χ1v) is 13.4. The predicted molar refractivity (Wildman–Crippen MR) is 148 cm³/mol. The summed E-state index contributed by atoms with van der Waals surface area (Å²) < 4.78 is 37.2. The van der Waals surface area contributed by atoms with Gasteiger partial charge in [0, 0.05) is 68.3 Å². The number of carbonyl (C=O) groups is 1. The van der Waals surface area contributed by atoms with Gasteiger partial charge < -0.3 is 19.9 Å². The van der Waals surface area contributed by atoms with E-state index in [0.29, 0.717) is 63.2 Å². The Hall–Kier alpha value is -3.93. The molecule has 2 aromatic heterocycles. The van der Waals surface area contributed by atoms with Gasteiger partial charge in [-0.15, -0.1) is 0 Å². The van der Waals surface area contributed by atoms with Gasteiger partial charge in [-0.1, -0.05) is 6.07 Å². The van der Waals surface area contributed by atoms with E-state index in [-0.39, 0.29) is 18.0 Å². The molecule has 0 radical (unpaired) electrons. The van der Waals surface area contributed by atoms with Crippen molar-refractivity contribution < 1.29 is 18.3 Å². The average Bonchev–Trinajstić information content (AvgIpc) is 3.36. The van der Waals surface area contributed by atoms with E-state index in [1.165, 1.54) is 12.1 Å². The standard InChI is InChI=1S/C29H31F2N7O2/c1-19-2-3-22(12-21(19)16-37-7-5-32-27(39)18-37)34-29-33-15-20-4-6-38(28(20)35-29)23-13-25(30)24(26(31)14-23)17-36-8-10-40-11-9-36/h2-4,6,12-15H,5,7-11,16-18H2,1H3,(H,32,39)(H,33,34,35). The van der Waals surface area contributed by atoms with E-state index in [9.17, 15) is 4.79 Å². The molecule has 0 saturated carbocycles. The number of nitrogens with zero attached hydrogens (tertiary/aromatic N) is 5. The lowest BCUT2D eigenvalue weighted by Crippen LogP contribution is -2.47. The maximum Gasteiger partial charge on any atom is 0.234 e. The second kappa shape index (κ2) is 11.3. The zero-order valence-corrected chi connectivity index (χ0v) is 22.3. The van der Waals surface area contributed by atoms with Gasteiger partial charge in [0.2, 0.25) is 11.9 Å². The van der Waals surface area contributed by atoms with Crippen molar-refractivity contribution in [3.63, 3.8) is 0 Å². The highest BCUT2D eigenvalue weighted by atomic mass is 19.1. The Bertz CT molecular complexity index is 1530. The number of halogens is 2. The summed E-state index contributed by atoms with van der Waals surface area (Å²) in [5.74, 6) is -0.776. The fourth-order valence-electron chi connectivity index (χ4n) is 5.17. The van der Waals surface area contributed by atoms with Crippen LogP contribution < -0.4 is 10.6 Å². The van der Waals surface area contributed by atoms with Gasteiger partial charge in [0.15, 0.2) is 0 Å². The summed E-state index contributed by atoms with van der Waals surface area (Å²) in [5.41, 5.74) is 3.98. The van der Waals surface area contributed by atoms with Crippen LogP contribution in [0.5, 0.6) is 0 Å². The number of fused-ring (bicyclic) bond motifs is 1. The van der Waals surface area contributed by atoms with Gasteiger partial charge in [0.05, 0.1) is 25.4 Å². The van der Waals surface area contributed by atoms with E-state index in [1.807, 2.05) is 36.1 Å². The number of rotatable bonds is 7. The number of morpholine rings is 1. The van der Waals surface area contributed by atoms with Crippen LogP contribution in [-0.2, 0) is 22.6 Å². The first-order valence-electron chi connectivity index (χ1n) is 13.4.